The number of carbonyl (C=O) groups is 1. The monoisotopic (exact) mass is 425 g/mol. The van der Waals surface area contributed by atoms with E-state index in [9.17, 15) is 34.1 Å². The van der Waals surface area contributed by atoms with Crippen LogP contribution >= 0.6 is 7.75 Å². The number of carboxylic acids is 1. The Labute approximate surface area is 154 Å². The molecule has 2 aliphatic rings. The fraction of sp³-hybridized carbons (Fsp3) is 0.615. The summed E-state index contributed by atoms with van der Waals surface area (Å²) in [6.07, 6.45) is -3.08. The molecular weight excluding hydrogens is 408 g/mol. The van der Waals surface area contributed by atoms with E-state index in [1.807, 2.05) is 4.98 Å². The van der Waals surface area contributed by atoms with Gasteiger partial charge < -0.3 is 24.9 Å². The van der Waals surface area contributed by atoms with E-state index < -0.39 is 60.4 Å². The first kappa shape index (κ1) is 20.8. The third kappa shape index (κ3) is 2.76. The third-order valence-electron chi connectivity index (χ3n) is 4.77. The molecule has 156 valence electrons. The maximum Gasteiger partial charge on any atom is 0.404 e. The van der Waals surface area contributed by atoms with Crippen molar-refractivity contribution in [3.05, 3.63) is 33.1 Å². The Morgan fingerprint density at radius 1 is 1.50 bits per heavy atom. The number of alkyl halides is 1. The van der Waals surface area contributed by atoms with Crippen molar-refractivity contribution in [1.29, 1.82) is 0 Å². The van der Waals surface area contributed by atoms with Crippen LogP contribution < -0.4 is 16.3 Å². The molecule has 0 bridgehead atoms. The van der Waals surface area contributed by atoms with Gasteiger partial charge >= 0.3 is 19.4 Å². The average Bonchev–Trinajstić information content (AvgIpc) is 2.94. The van der Waals surface area contributed by atoms with Crippen molar-refractivity contribution in [2.45, 2.75) is 49.3 Å². The van der Waals surface area contributed by atoms with Crippen LogP contribution in [0.2, 0.25) is 0 Å². The topological polar surface area (TPSA) is 200 Å². The minimum atomic E-state index is -4.94. The van der Waals surface area contributed by atoms with Crippen molar-refractivity contribution >= 4 is 13.7 Å². The van der Waals surface area contributed by atoms with E-state index in [2.05, 4.69) is 4.52 Å². The first-order valence-electron chi connectivity index (χ1n) is 7.82. The van der Waals surface area contributed by atoms with Gasteiger partial charge in [0.05, 0.1) is 0 Å². The number of aliphatic carboxylic acids is 1. The van der Waals surface area contributed by atoms with Gasteiger partial charge in [-0.1, -0.05) is 0 Å². The molecule has 2 heterocycles. The Bertz CT molecular complexity index is 993. The maximum atomic E-state index is 15.1. The zero-order valence-electron chi connectivity index (χ0n) is 14.4. The van der Waals surface area contributed by atoms with Gasteiger partial charge in [-0.3, -0.25) is 23.7 Å². The minimum Gasteiger partial charge on any atom is -0.480 e. The van der Waals surface area contributed by atoms with Crippen molar-refractivity contribution < 1.29 is 43.2 Å². The molecule has 1 aliphatic carbocycles. The van der Waals surface area contributed by atoms with Gasteiger partial charge in [0.15, 0.2) is 17.9 Å². The number of aromatic amines is 1. The van der Waals surface area contributed by atoms with Gasteiger partial charge in [0.2, 0.25) is 0 Å². The van der Waals surface area contributed by atoms with Crippen molar-refractivity contribution in [1.82, 2.24) is 14.6 Å². The van der Waals surface area contributed by atoms with E-state index in [4.69, 9.17) is 9.84 Å². The van der Waals surface area contributed by atoms with Crippen LogP contribution in [0.25, 0.3) is 0 Å². The SMILES string of the molecule is C[C@H](NP(=O)(O)OC1[C@]2(O)[C@@](C)(O)[C@H](n3ccc(=O)[nH]c3=O)O[C@]12F)C(=O)O. The lowest BCUT2D eigenvalue weighted by atomic mass is 9.95. The molecule has 0 aromatic carbocycles. The van der Waals surface area contributed by atoms with Crippen LogP contribution in [0.15, 0.2) is 21.9 Å². The molecule has 0 amide bonds. The highest BCUT2D eigenvalue weighted by Gasteiger charge is 2.95. The molecule has 7 atom stereocenters. The van der Waals surface area contributed by atoms with Gasteiger partial charge in [-0.2, -0.15) is 0 Å². The summed E-state index contributed by atoms with van der Waals surface area (Å²) < 4.78 is 37.2. The molecule has 1 aliphatic heterocycles. The second-order valence-electron chi connectivity index (χ2n) is 6.74. The highest BCUT2D eigenvalue weighted by atomic mass is 31.2. The van der Waals surface area contributed by atoms with Crippen molar-refractivity contribution in [2.75, 3.05) is 0 Å². The first-order chi connectivity index (χ1) is 12.7. The molecule has 1 saturated carbocycles. The van der Waals surface area contributed by atoms with Crippen LogP contribution in [0.4, 0.5) is 4.39 Å². The second kappa shape index (κ2) is 6.03. The maximum absolute atomic E-state index is 15.1. The zero-order valence-corrected chi connectivity index (χ0v) is 15.3. The number of rotatable bonds is 6. The van der Waals surface area contributed by atoms with E-state index >= 15 is 4.39 Å². The smallest absolute Gasteiger partial charge is 0.404 e. The van der Waals surface area contributed by atoms with E-state index in [0.717, 1.165) is 26.1 Å². The number of halogens is 1. The Hall–Kier alpha value is -1.93. The number of hydrogen-bond donors (Lipinski definition) is 6. The van der Waals surface area contributed by atoms with E-state index in [-0.39, 0.29) is 0 Å². The van der Waals surface area contributed by atoms with Crippen LogP contribution in [0, 0.1) is 0 Å². The molecule has 1 saturated heterocycles. The average molecular weight is 425 g/mol. The van der Waals surface area contributed by atoms with Gasteiger partial charge in [-0.25, -0.2) is 18.8 Å². The van der Waals surface area contributed by atoms with Crippen LogP contribution in [0.3, 0.4) is 0 Å². The molecule has 0 spiro atoms. The summed E-state index contributed by atoms with van der Waals surface area (Å²) in [4.78, 5) is 45.3. The van der Waals surface area contributed by atoms with Crippen molar-refractivity contribution in [3.8, 4) is 0 Å². The summed E-state index contributed by atoms with van der Waals surface area (Å²) in [5.74, 6) is -4.69. The van der Waals surface area contributed by atoms with Crippen molar-refractivity contribution in [2.24, 2.45) is 0 Å². The number of nitrogens with one attached hydrogen (secondary N) is 2. The summed E-state index contributed by atoms with van der Waals surface area (Å²) in [7, 11) is -4.94. The van der Waals surface area contributed by atoms with Gasteiger partial charge in [0, 0.05) is 12.3 Å². The quantitative estimate of drug-likeness (QED) is 0.270. The van der Waals surface area contributed by atoms with Crippen LogP contribution in [0.1, 0.15) is 20.1 Å². The Kier molecular flexibility index (Phi) is 4.48. The molecule has 2 unspecified atom stereocenters. The minimum absolute atomic E-state index is 0.618. The molecule has 1 aromatic rings. The number of hydrogen-bond acceptors (Lipinski definition) is 8. The number of aliphatic hydroxyl groups is 2. The normalized spacial score (nSPS) is 39.8. The van der Waals surface area contributed by atoms with Gasteiger partial charge in [0.25, 0.3) is 11.4 Å². The number of ether oxygens (including phenoxy) is 1. The highest BCUT2D eigenvalue weighted by molar-refractivity contribution is 7.50. The highest BCUT2D eigenvalue weighted by Crippen LogP contribution is 2.71. The molecule has 28 heavy (non-hydrogen) atoms. The van der Waals surface area contributed by atoms with E-state index in [1.165, 1.54) is 0 Å². The van der Waals surface area contributed by atoms with Crippen LogP contribution in [-0.2, 0) is 18.6 Å². The molecule has 15 heteroatoms. The number of nitrogens with zero attached hydrogens (tertiary/aromatic N) is 1. The summed E-state index contributed by atoms with van der Waals surface area (Å²) in [5.41, 5.74) is -7.24. The van der Waals surface area contributed by atoms with Crippen molar-refractivity contribution in [3.63, 3.8) is 0 Å². The van der Waals surface area contributed by atoms with Crippen LogP contribution in [0.5, 0.6) is 0 Å². The predicted molar refractivity (Wildman–Crippen MR) is 85.8 cm³/mol. The van der Waals surface area contributed by atoms with E-state index in [0.29, 0.717) is 4.57 Å². The molecule has 3 rings (SSSR count). The van der Waals surface area contributed by atoms with Gasteiger partial charge in [0.1, 0.15) is 11.6 Å². The first-order valence-corrected chi connectivity index (χ1v) is 9.40. The lowest BCUT2D eigenvalue weighted by molar-refractivity contribution is -0.180. The summed E-state index contributed by atoms with van der Waals surface area (Å²) in [5, 5.41) is 31.7. The zero-order chi connectivity index (χ0) is 21.3. The molecule has 1 aromatic heterocycles. The summed E-state index contributed by atoms with van der Waals surface area (Å²) in [6, 6.07) is -0.652. The molecule has 0 radical (unpaired) electrons. The number of H-pyrrole nitrogens is 1. The summed E-state index contributed by atoms with van der Waals surface area (Å²) >= 11 is 0. The molecule has 2 fully saturated rings. The Morgan fingerprint density at radius 2 is 2.11 bits per heavy atom. The fourth-order valence-corrected chi connectivity index (χ4v) is 4.39. The number of fused-ring (bicyclic) bond motifs is 1. The largest absolute Gasteiger partial charge is 0.480 e. The standard InChI is InChI=1S/C13H17FN3O10P/c1-5(7(19)20)16-28(24,25)27-8-12(23)11(2,22)9(26-13(8,12)14)17-4-3-6(18)15-10(17)21/h3-5,8-9,22-23H,1-2H3,(H,19,20)(H,15,18,21)(H2,16,24,25)/t5-,8?,9+,11-,12-,13+/m0/s1. The van der Waals surface area contributed by atoms with Gasteiger partial charge in [-0.15, -0.1) is 0 Å². The predicted octanol–water partition coefficient (Wildman–Crippen LogP) is -2.22. The Balaban J connectivity index is 1.87. The molecular formula is C13H17FN3O10P. The number of aromatic nitrogens is 2. The fourth-order valence-electron chi connectivity index (χ4n) is 3.15. The lowest BCUT2D eigenvalue weighted by Gasteiger charge is -2.32. The molecule has 13 nitrogen and oxygen atoms in total. The Morgan fingerprint density at radius 3 is 2.57 bits per heavy atom. The third-order valence-corrected chi connectivity index (χ3v) is 5.98. The van der Waals surface area contributed by atoms with Crippen LogP contribution in [-0.4, -0.2) is 64.9 Å². The molecule has 6 N–H and O–H groups in total. The van der Waals surface area contributed by atoms with E-state index in [1.54, 1.807) is 5.09 Å². The van der Waals surface area contributed by atoms with Gasteiger partial charge in [-0.05, 0) is 13.8 Å². The number of carboxylic acid groups (broad SMARTS) is 1. The second-order valence-corrected chi connectivity index (χ2v) is 8.25. The lowest BCUT2D eigenvalue weighted by Crippen LogP contribution is -2.51. The summed E-state index contributed by atoms with van der Waals surface area (Å²) in [6.45, 7) is 1.92.